The second-order valence-corrected chi connectivity index (χ2v) is 6.59. The molecule has 8 heteroatoms. The minimum absolute atomic E-state index is 0. The third kappa shape index (κ3) is 5.53. The van der Waals surface area contributed by atoms with Crippen LogP contribution in [0, 0.1) is 0 Å². The number of guanidine groups is 1. The van der Waals surface area contributed by atoms with Gasteiger partial charge in [-0.25, -0.2) is 9.98 Å². The highest BCUT2D eigenvalue weighted by Crippen LogP contribution is 2.18. The Balaban J connectivity index is 0.00000243. The summed E-state index contributed by atoms with van der Waals surface area (Å²) in [4.78, 5) is 10.2. The van der Waals surface area contributed by atoms with Gasteiger partial charge < -0.3 is 10.6 Å². The van der Waals surface area contributed by atoms with Crippen LogP contribution >= 0.6 is 35.3 Å². The van der Waals surface area contributed by atoms with Gasteiger partial charge in [-0.15, -0.1) is 35.3 Å². The average molecular weight is 482 g/mol. The number of aliphatic imine (C=N–C) groups is 1. The topological polar surface area (TPSA) is 78.0 Å². The predicted molar refractivity (Wildman–Crippen MR) is 118 cm³/mol. The summed E-state index contributed by atoms with van der Waals surface area (Å²) in [6.45, 7) is 5.62. The number of nitrogens with one attached hydrogen (secondary N) is 3. The molecule has 0 aliphatic carbocycles. The zero-order chi connectivity index (χ0) is 17.5. The van der Waals surface area contributed by atoms with Crippen LogP contribution < -0.4 is 10.6 Å². The van der Waals surface area contributed by atoms with E-state index in [1.165, 1.54) is 11.2 Å². The molecular weight excluding hydrogens is 459 g/mol. The van der Waals surface area contributed by atoms with E-state index in [0.717, 1.165) is 29.5 Å². The highest BCUT2D eigenvalue weighted by Gasteiger charge is 2.08. The van der Waals surface area contributed by atoms with Gasteiger partial charge in [0.25, 0.3) is 0 Å². The number of H-pyrrole nitrogens is 1. The summed E-state index contributed by atoms with van der Waals surface area (Å²) in [5, 5.41) is 15.6. The first kappa shape index (κ1) is 20.4. The molecule has 1 atom stereocenters. The smallest absolute Gasteiger partial charge is 0.192 e. The number of hydrogen-bond acceptors (Lipinski definition) is 4. The molecule has 0 spiro atoms. The molecule has 0 aliphatic rings. The van der Waals surface area contributed by atoms with E-state index in [2.05, 4.69) is 69.3 Å². The van der Waals surface area contributed by atoms with Crippen LogP contribution in [0.15, 0.2) is 53.1 Å². The summed E-state index contributed by atoms with van der Waals surface area (Å²) in [7, 11) is 0. The molecule has 0 saturated carbocycles. The maximum atomic E-state index is 4.71. The van der Waals surface area contributed by atoms with Gasteiger partial charge in [0.05, 0.1) is 12.6 Å². The van der Waals surface area contributed by atoms with Crippen molar-refractivity contribution >= 4 is 41.3 Å². The van der Waals surface area contributed by atoms with Gasteiger partial charge >= 0.3 is 0 Å². The van der Waals surface area contributed by atoms with Gasteiger partial charge in [0, 0.05) is 17.0 Å². The van der Waals surface area contributed by atoms with Crippen LogP contribution in [0.4, 0.5) is 0 Å². The highest BCUT2D eigenvalue weighted by atomic mass is 127. The molecule has 0 bridgehead atoms. The maximum absolute atomic E-state index is 4.71. The number of nitrogens with zero attached hydrogens (tertiary/aromatic N) is 3. The van der Waals surface area contributed by atoms with E-state index < -0.39 is 0 Å². The summed E-state index contributed by atoms with van der Waals surface area (Å²) in [5.41, 5.74) is 2.13. The van der Waals surface area contributed by atoms with Gasteiger partial charge in [0.15, 0.2) is 11.8 Å². The Morgan fingerprint density at radius 2 is 2.19 bits per heavy atom. The normalized spacial score (nSPS) is 12.3. The van der Waals surface area contributed by atoms with E-state index in [9.17, 15) is 0 Å². The molecule has 2 heterocycles. The van der Waals surface area contributed by atoms with E-state index >= 15 is 0 Å². The average Bonchev–Trinajstić information content (AvgIpc) is 3.33. The summed E-state index contributed by atoms with van der Waals surface area (Å²) in [6, 6.07) is 12.6. The largest absolute Gasteiger partial charge is 0.357 e. The third-order valence-corrected chi connectivity index (χ3v) is 4.76. The number of benzene rings is 1. The Hall–Kier alpha value is -1.94. The monoisotopic (exact) mass is 482 g/mol. The van der Waals surface area contributed by atoms with Crippen molar-refractivity contribution in [2.75, 3.05) is 6.54 Å². The second kappa shape index (κ2) is 10.3. The third-order valence-electron chi connectivity index (χ3n) is 3.70. The SMILES string of the molecule is CCNC(=NCc1cccc(-c2ncn[nH]2)c1)NC(C)c1cccs1.I. The lowest BCUT2D eigenvalue weighted by Gasteiger charge is -2.16. The molecule has 3 aromatic rings. The number of halogens is 1. The minimum Gasteiger partial charge on any atom is -0.357 e. The van der Waals surface area contributed by atoms with E-state index in [0.29, 0.717) is 6.54 Å². The number of thiophene rings is 1. The summed E-state index contributed by atoms with van der Waals surface area (Å²) < 4.78 is 0. The van der Waals surface area contributed by atoms with Crippen molar-refractivity contribution in [2.24, 2.45) is 4.99 Å². The zero-order valence-corrected chi connectivity index (χ0v) is 17.9. The Labute approximate surface area is 174 Å². The fraction of sp³-hybridized carbons (Fsp3) is 0.278. The maximum Gasteiger partial charge on any atom is 0.192 e. The first-order valence-electron chi connectivity index (χ1n) is 8.29. The van der Waals surface area contributed by atoms with Crippen molar-refractivity contribution in [3.63, 3.8) is 0 Å². The van der Waals surface area contributed by atoms with Gasteiger partial charge in [-0.05, 0) is 36.9 Å². The molecule has 0 amide bonds. The lowest BCUT2D eigenvalue weighted by atomic mass is 10.1. The minimum atomic E-state index is 0. The summed E-state index contributed by atoms with van der Waals surface area (Å²) in [5.74, 6) is 1.58. The van der Waals surface area contributed by atoms with Crippen LogP contribution in [0.3, 0.4) is 0 Å². The van der Waals surface area contributed by atoms with Crippen LogP contribution in [0.2, 0.25) is 0 Å². The van der Waals surface area contributed by atoms with Gasteiger partial charge in [0.1, 0.15) is 6.33 Å². The standard InChI is InChI=1S/C18H22N6S.HI/c1-3-19-18(23-13(2)16-8-5-9-25-16)20-11-14-6-4-7-15(10-14)17-21-12-22-24-17;/h4-10,12-13H,3,11H2,1-2H3,(H2,19,20,23)(H,21,22,24);1H. The van der Waals surface area contributed by atoms with Crippen LogP contribution in [0.5, 0.6) is 0 Å². The fourth-order valence-electron chi connectivity index (χ4n) is 2.47. The van der Waals surface area contributed by atoms with Gasteiger partial charge in [-0.3, -0.25) is 5.10 Å². The Bertz CT molecular complexity index is 801. The van der Waals surface area contributed by atoms with Crippen molar-refractivity contribution in [3.8, 4) is 11.4 Å². The second-order valence-electron chi connectivity index (χ2n) is 5.61. The number of aromatic amines is 1. The lowest BCUT2D eigenvalue weighted by Crippen LogP contribution is -2.38. The Morgan fingerprint density at radius 1 is 1.31 bits per heavy atom. The number of hydrogen-bond donors (Lipinski definition) is 3. The van der Waals surface area contributed by atoms with Crippen molar-refractivity contribution < 1.29 is 0 Å². The van der Waals surface area contributed by atoms with Gasteiger partial charge in [-0.1, -0.05) is 24.3 Å². The van der Waals surface area contributed by atoms with Crippen LogP contribution in [-0.2, 0) is 6.54 Å². The quantitative estimate of drug-likeness (QED) is 0.282. The Morgan fingerprint density at radius 3 is 2.88 bits per heavy atom. The van der Waals surface area contributed by atoms with Crippen molar-refractivity contribution in [1.82, 2.24) is 25.8 Å². The molecule has 26 heavy (non-hydrogen) atoms. The van der Waals surface area contributed by atoms with Crippen molar-refractivity contribution in [1.29, 1.82) is 0 Å². The molecule has 3 rings (SSSR count). The van der Waals surface area contributed by atoms with E-state index in [-0.39, 0.29) is 30.0 Å². The summed E-state index contributed by atoms with van der Waals surface area (Å²) >= 11 is 1.74. The molecule has 1 unspecified atom stereocenters. The van der Waals surface area contributed by atoms with E-state index in [1.54, 1.807) is 11.3 Å². The molecule has 138 valence electrons. The van der Waals surface area contributed by atoms with Gasteiger partial charge in [0.2, 0.25) is 0 Å². The lowest BCUT2D eigenvalue weighted by molar-refractivity contribution is 0.698. The van der Waals surface area contributed by atoms with Gasteiger partial charge in [-0.2, -0.15) is 5.10 Å². The number of rotatable bonds is 6. The summed E-state index contributed by atoms with van der Waals surface area (Å²) in [6.07, 6.45) is 1.51. The molecule has 0 aliphatic heterocycles. The molecule has 3 N–H and O–H groups in total. The van der Waals surface area contributed by atoms with Crippen LogP contribution in [0.25, 0.3) is 11.4 Å². The Kier molecular flexibility index (Phi) is 8.05. The molecule has 6 nitrogen and oxygen atoms in total. The first-order valence-corrected chi connectivity index (χ1v) is 9.17. The highest BCUT2D eigenvalue weighted by molar-refractivity contribution is 14.0. The van der Waals surface area contributed by atoms with Crippen molar-refractivity contribution in [2.45, 2.75) is 26.4 Å². The van der Waals surface area contributed by atoms with Crippen LogP contribution in [-0.4, -0.2) is 27.7 Å². The zero-order valence-electron chi connectivity index (χ0n) is 14.8. The fourth-order valence-corrected chi connectivity index (χ4v) is 3.20. The van der Waals surface area contributed by atoms with Crippen molar-refractivity contribution in [3.05, 3.63) is 58.5 Å². The molecule has 0 fully saturated rings. The van der Waals surface area contributed by atoms with E-state index in [1.807, 2.05) is 12.1 Å². The molecular formula is C18H23IN6S. The predicted octanol–water partition coefficient (Wildman–Crippen LogP) is 3.97. The molecule has 0 radical (unpaired) electrons. The molecule has 2 aromatic heterocycles. The number of aromatic nitrogens is 3. The van der Waals surface area contributed by atoms with E-state index in [4.69, 9.17) is 4.99 Å². The van der Waals surface area contributed by atoms with Crippen LogP contribution in [0.1, 0.15) is 30.3 Å². The first-order chi connectivity index (χ1) is 12.3. The molecule has 1 aromatic carbocycles. The molecule has 0 saturated heterocycles.